The molecule has 1 aliphatic rings. The van der Waals surface area contributed by atoms with E-state index in [9.17, 15) is 10.2 Å². The van der Waals surface area contributed by atoms with Gasteiger partial charge in [-0.1, -0.05) is 36.4 Å². The minimum atomic E-state index is 0.155. The summed E-state index contributed by atoms with van der Waals surface area (Å²) in [5, 5.41) is 20.0. The van der Waals surface area contributed by atoms with Gasteiger partial charge in [0.15, 0.2) is 0 Å². The van der Waals surface area contributed by atoms with Crippen LogP contribution in [0.25, 0.3) is 0 Å². The number of fused-ring (bicyclic) bond motifs is 1. The standard InChI is InChI=1S/C21H17NO2S/c23-15-11-9-14(10-12-15)21-13-18(16-5-1-3-7-19(16)24)22-17-6-2-4-8-20(17)25-21/h1-12,21,23-24H,13H2. The van der Waals surface area contributed by atoms with Gasteiger partial charge in [-0.05, 0) is 42.0 Å². The van der Waals surface area contributed by atoms with Crippen molar-refractivity contribution in [1.29, 1.82) is 0 Å². The number of thioether (sulfide) groups is 1. The molecule has 3 aromatic carbocycles. The summed E-state index contributed by atoms with van der Waals surface area (Å²) < 4.78 is 0. The Hall–Kier alpha value is -2.72. The van der Waals surface area contributed by atoms with Crippen LogP contribution in [0.15, 0.2) is 82.7 Å². The van der Waals surface area contributed by atoms with Crippen LogP contribution in [-0.2, 0) is 0 Å². The molecule has 3 aromatic rings. The highest BCUT2D eigenvalue weighted by Crippen LogP contribution is 2.46. The summed E-state index contributed by atoms with van der Waals surface area (Å²) in [6.07, 6.45) is 0.696. The second kappa shape index (κ2) is 6.65. The van der Waals surface area contributed by atoms with Crippen LogP contribution >= 0.6 is 11.8 Å². The predicted molar refractivity (Wildman–Crippen MR) is 102 cm³/mol. The molecule has 4 heteroatoms. The fourth-order valence-electron chi connectivity index (χ4n) is 2.97. The molecule has 1 unspecified atom stereocenters. The van der Waals surface area contributed by atoms with Crippen molar-refractivity contribution in [3.05, 3.63) is 83.9 Å². The van der Waals surface area contributed by atoms with Crippen LogP contribution in [0.4, 0.5) is 5.69 Å². The Bertz CT molecular complexity index is 935. The van der Waals surface area contributed by atoms with Crippen LogP contribution < -0.4 is 0 Å². The summed E-state index contributed by atoms with van der Waals surface area (Å²) in [6, 6.07) is 22.7. The highest BCUT2D eigenvalue weighted by molar-refractivity contribution is 7.99. The summed E-state index contributed by atoms with van der Waals surface area (Å²) in [4.78, 5) is 5.97. The van der Waals surface area contributed by atoms with E-state index in [0.29, 0.717) is 6.42 Å². The third-order valence-electron chi connectivity index (χ3n) is 4.25. The Morgan fingerprint density at radius 1 is 0.840 bits per heavy atom. The number of benzene rings is 3. The monoisotopic (exact) mass is 347 g/mol. The maximum absolute atomic E-state index is 10.3. The maximum atomic E-state index is 10.3. The number of nitrogens with zero attached hydrogens (tertiary/aromatic N) is 1. The van der Waals surface area contributed by atoms with Crippen molar-refractivity contribution in [1.82, 2.24) is 0 Å². The zero-order valence-corrected chi connectivity index (χ0v) is 14.3. The molecule has 0 radical (unpaired) electrons. The number of hydrogen-bond acceptors (Lipinski definition) is 4. The first kappa shape index (κ1) is 15.8. The second-order valence-electron chi connectivity index (χ2n) is 5.95. The number of para-hydroxylation sites is 2. The quantitative estimate of drug-likeness (QED) is 0.647. The number of phenols is 2. The molecule has 25 heavy (non-hydrogen) atoms. The van der Waals surface area contributed by atoms with Crippen LogP contribution in [0.3, 0.4) is 0 Å². The van der Waals surface area contributed by atoms with Crippen molar-refractivity contribution in [3.8, 4) is 11.5 Å². The lowest BCUT2D eigenvalue weighted by Gasteiger charge is -2.16. The average molecular weight is 347 g/mol. The highest BCUT2D eigenvalue weighted by atomic mass is 32.2. The van der Waals surface area contributed by atoms with Crippen molar-refractivity contribution in [2.24, 2.45) is 4.99 Å². The van der Waals surface area contributed by atoms with Crippen LogP contribution in [0.1, 0.15) is 22.8 Å². The van der Waals surface area contributed by atoms with Gasteiger partial charge in [0.25, 0.3) is 0 Å². The lowest BCUT2D eigenvalue weighted by molar-refractivity contribution is 0.474. The molecule has 2 N–H and O–H groups in total. The topological polar surface area (TPSA) is 52.8 Å². The summed E-state index contributed by atoms with van der Waals surface area (Å²) >= 11 is 1.76. The molecule has 124 valence electrons. The molecule has 0 aliphatic carbocycles. The minimum absolute atomic E-state index is 0.155. The van der Waals surface area contributed by atoms with Gasteiger partial charge in [0.05, 0.1) is 11.4 Å². The Kier molecular flexibility index (Phi) is 4.20. The molecule has 3 nitrogen and oxygen atoms in total. The first-order valence-electron chi connectivity index (χ1n) is 8.11. The van der Waals surface area contributed by atoms with E-state index in [-0.39, 0.29) is 16.7 Å². The van der Waals surface area contributed by atoms with Crippen molar-refractivity contribution in [2.45, 2.75) is 16.6 Å². The average Bonchev–Trinajstić information content (AvgIpc) is 2.82. The zero-order valence-electron chi connectivity index (χ0n) is 13.5. The first-order valence-corrected chi connectivity index (χ1v) is 8.99. The van der Waals surface area contributed by atoms with Crippen LogP contribution in [0, 0.1) is 0 Å². The van der Waals surface area contributed by atoms with Crippen molar-refractivity contribution in [2.75, 3.05) is 0 Å². The molecular formula is C21H17NO2S. The molecule has 0 spiro atoms. The van der Waals surface area contributed by atoms with Gasteiger partial charge >= 0.3 is 0 Å². The summed E-state index contributed by atoms with van der Waals surface area (Å²) in [7, 11) is 0. The van der Waals surface area contributed by atoms with E-state index >= 15 is 0 Å². The molecule has 0 fully saturated rings. The van der Waals surface area contributed by atoms with E-state index in [1.807, 2.05) is 48.5 Å². The van der Waals surface area contributed by atoms with Crippen molar-refractivity contribution >= 4 is 23.2 Å². The highest BCUT2D eigenvalue weighted by Gasteiger charge is 2.23. The Balaban J connectivity index is 1.82. The smallest absolute Gasteiger partial charge is 0.124 e. The zero-order chi connectivity index (χ0) is 17.2. The van der Waals surface area contributed by atoms with Gasteiger partial charge in [-0.15, -0.1) is 11.8 Å². The lowest BCUT2D eigenvalue weighted by Crippen LogP contribution is -2.05. The van der Waals surface area contributed by atoms with Gasteiger partial charge in [0.2, 0.25) is 0 Å². The molecule has 0 bridgehead atoms. The molecule has 0 aromatic heterocycles. The minimum Gasteiger partial charge on any atom is -0.508 e. The van der Waals surface area contributed by atoms with Crippen LogP contribution in [0.5, 0.6) is 11.5 Å². The molecule has 1 atom stereocenters. The van der Waals surface area contributed by atoms with Crippen molar-refractivity contribution in [3.63, 3.8) is 0 Å². The molecule has 1 aliphatic heterocycles. The maximum Gasteiger partial charge on any atom is 0.124 e. The van der Waals surface area contributed by atoms with Gasteiger partial charge < -0.3 is 10.2 Å². The second-order valence-corrected chi connectivity index (χ2v) is 7.19. The van der Waals surface area contributed by atoms with E-state index in [0.717, 1.165) is 27.4 Å². The molecule has 4 rings (SSSR count). The van der Waals surface area contributed by atoms with Gasteiger partial charge in [-0.25, -0.2) is 0 Å². The lowest BCUT2D eigenvalue weighted by atomic mass is 10.0. The molecular weight excluding hydrogens is 330 g/mol. The van der Waals surface area contributed by atoms with E-state index in [2.05, 4.69) is 6.07 Å². The SMILES string of the molecule is Oc1ccc(C2CC(c3ccccc3O)=Nc3ccccc3S2)cc1. The number of rotatable bonds is 2. The van der Waals surface area contributed by atoms with E-state index in [1.54, 1.807) is 30.0 Å². The van der Waals surface area contributed by atoms with Gasteiger partial charge in [0, 0.05) is 22.1 Å². The molecule has 1 heterocycles. The summed E-state index contributed by atoms with van der Waals surface area (Å²) in [5.74, 6) is 0.507. The Morgan fingerprint density at radius 3 is 2.36 bits per heavy atom. The molecule has 0 saturated carbocycles. The van der Waals surface area contributed by atoms with Gasteiger partial charge in [0.1, 0.15) is 11.5 Å². The van der Waals surface area contributed by atoms with E-state index < -0.39 is 0 Å². The normalized spacial score (nSPS) is 16.6. The largest absolute Gasteiger partial charge is 0.508 e. The van der Waals surface area contributed by atoms with E-state index in [4.69, 9.17) is 4.99 Å². The Morgan fingerprint density at radius 2 is 1.56 bits per heavy atom. The van der Waals surface area contributed by atoms with Crippen LogP contribution in [0.2, 0.25) is 0 Å². The van der Waals surface area contributed by atoms with Crippen LogP contribution in [-0.4, -0.2) is 15.9 Å². The fraction of sp³-hybridized carbons (Fsp3) is 0.0952. The van der Waals surface area contributed by atoms with Gasteiger partial charge in [-0.2, -0.15) is 0 Å². The first-order chi connectivity index (χ1) is 12.2. The molecule has 0 saturated heterocycles. The number of hydrogen-bond donors (Lipinski definition) is 2. The Labute approximate surface area is 150 Å². The number of aromatic hydroxyl groups is 2. The summed E-state index contributed by atoms with van der Waals surface area (Å²) in [5.41, 5.74) is 3.69. The third kappa shape index (κ3) is 3.26. The fourth-order valence-corrected chi connectivity index (χ4v) is 4.21. The number of aliphatic imine (C=N–C) groups is 1. The summed E-state index contributed by atoms with van der Waals surface area (Å²) in [6.45, 7) is 0. The van der Waals surface area contributed by atoms with E-state index in [1.165, 1.54) is 0 Å². The van der Waals surface area contributed by atoms with Crippen molar-refractivity contribution < 1.29 is 10.2 Å². The molecule has 0 amide bonds. The number of phenolic OH excluding ortho intramolecular Hbond substituents is 2. The van der Waals surface area contributed by atoms with Gasteiger partial charge in [-0.3, -0.25) is 4.99 Å². The predicted octanol–water partition coefficient (Wildman–Crippen LogP) is 5.46. The third-order valence-corrected chi connectivity index (χ3v) is 5.57.